The molecule has 0 unspecified atom stereocenters. The van der Waals surface area contributed by atoms with E-state index in [1.165, 1.54) is 0 Å². The molecule has 0 aliphatic carbocycles. The lowest BCUT2D eigenvalue weighted by atomic mass is 10.0. The molecule has 2 aromatic carbocycles. The van der Waals surface area contributed by atoms with Gasteiger partial charge in [0.1, 0.15) is 0 Å². The van der Waals surface area contributed by atoms with Crippen molar-refractivity contribution in [3.05, 3.63) is 58.4 Å². The molecule has 0 N–H and O–H groups in total. The van der Waals surface area contributed by atoms with Crippen LogP contribution in [0.3, 0.4) is 0 Å². The highest BCUT2D eigenvalue weighted by molar-refractivity contribution is 6.08. The molecule has 3 rings (SSSR count). The second kappa shape index (κ2) is 9.11. The van der Waals surface area contributed by atoms with Crippen molar-refractivity contribution in [3.63, 3.8) is 0 Å². The summed E-state index contributed by atoms with van der Waals surface area (Å²) >= 11 is 0. The van der Waals surface area contributed by atoms with E-state index in [-0.39, 0.29) is 17.4 Å². The Morgan fingerprint density at radius 3 is 2.23 bits per heavy atom. The van der Waals surface area contributed by atoms with Crippen molar-refractivity contribution in [2.45, 2.75) is 33.2 Å². The van der Waals surface area contributed by atoms with Crippen LogP contribution in [0, 0.1) is 0 Å². The van der Waals surface area contributed by atoms with Crippen molar-refractivity contribution in [2.24, 2.45) is 0 Å². The molecule has 1 aromatic heterocycles. The smallest absolute Gasteiger partial charge is 0.258 e. The first kappa shape index (κ1) is 21.6. The third-order valence-corrected chi connectivity index (χ3v) is 5.55. The van der Waals surface area contributed by atoms with Crippen LogP contribution in [0.25, 0.3) is 21.7 Å². The Balaban J connectivity index is 2.12. The second-order valence-corrected chi connectivity index (χ2v) is 7.60. The van der Waals surface area contributed by atoms with Crippen LogP contribution in [0.2, 0.25) is 0 Å². The van der Waals surface area contributed by atoms with Crippen LogP contribution < -0.4 is 5.56 Å². The number of aryl methyl sites for hydroxylation is 1. The Labute approximate surface area is 176 Å². The number of fused-ring (bicyclic) bond motifs is 3. The van der Waals surface area contributed by atoms with Gasteiger partial charge in [0.2, 0.25) is 5.91 Å². The highest BCUT2D eigenvalue weighted by atomic mass is 16.2. The van der Waals surface area contributed by atoms with E-state index in [2.05, 4.69) is 0 Å². The first-order valence-corrected chi connectivity index (χ1v) is 10.4. The molecule has 0 saturated heterocycles. The summed E-state index contributed by atoms with van der Waals surface area (Å²) in [6, 6.07) is 13.0. The van der Waals surface area contributed by atoms with E-state index in [0.717, 1.165) is 16.3 Å². The zero-order valence-electron chi connectivity index (χ0n) is 18.1. The number of pyridine rings is 1. The summed E-state index contributed by atoms with van der Waals surface area (Å²) in [5.74, 6) is 0.0283. The molecule has 0 fully saturated rings. The van der Waals surface area contributed by atoms with Crippen LogP contribution in [0.5, 0.6) is 0 Å². The number of rotatable bonds is 7. The molecule has 0 atom stereocenters. The molecule has 1 heterocycles. The summed E-state index contributed by atoms with van der Waals surface area (Å²) in [5.41, 5.74) is 1.33. The van der Waals surface area contributed by atoms with Gasteiger partial charge < -0.3 is 14.4 Å². The molecule has 0 spiro atoms. The van der Waals surface area contributed by atoms with Gasteiger partial charge in [-0.05, 0) is 49.9 Å². The van der Waals surface area contributed by atoms with Crippen molar-refractivity contribution in [1.82, 2.24) is 14.4 Å². The molecule has 2 amide bonds. The van der Waals surface area contributed by atoms with Crippen LogP contribution in [0.4, 0.5) is 0 Å². The minimum Gasteiger partial charge on any atom is -0.349 e. The van der Waals surface area contributed by atoms with Gasteiger partial charge in [0.25, 0.3) is 11.5 Å². The number of hydrogen-bond donors (Lipinski definition) is 0. The average Bonchev–Trinajstić information content (AvgIpc) is 2.76. The Kier molecular flexibility index (Phi) is 6.55. The molecule has 0 bridgehead atoms. The summed E-state index contributed by atoms with van der Waals surface area (Å²) in [7, 11) is 3.46. The average molecular weight is 408 g/mol. The van der Waals surface area contributed by atoms with E-state index in [0.29, 0.717) is 43.4 Å². The third-order valence-electron chi connectivity index (χ3n) is 5.55. The summed E-state index contributed by atoms with van der Waals surface area (Å²) in [6.07, 6.45) is 0.955. The largest absolute Gasteiger partial charge is 0.349 e. The maximum atomic E-state index is 13.2. The molecular formula is C24H29N3O3. The van der Waals surface area contributed by atoms with E-state index >= 15 is 0 Å². The van der Waals surface area contributed by atoms with Gasteiger partial charge in [-0.1, -0.05) is 18.2 Å². The lowest BCUT2D eigenvalue weighted by molar-refractivity contribution is -0.128. The highest BCUT2D eigenvalue weighted by Gasteiger charge is 2.16. The number of benzene rings is 2. The van der Waals surface area contributed by atoms with Gasteiger partial charge in [-0.15, -0.1) is 0 Å². The summed E-state index contributed by atoms with van der Waals surface area (Å²) in [6.45, 7) is 5.67. The minimum atomic E-state index is -0.0711. The lowest BCUT2D eigenvalue weighted by Crippen LogP contribution is -2.30. The van der Waals surface area contributed by atoms with Crippen LogP contribution in [-0.4, -0.2) is 53.4 Å². The molecule has 6 heteroatoms. The van der Waals surface area contributed by atoms with Gasteiger partial charge in [-0.2, -0.15) is 0 Å². The molecule has 0 aliphatic heterocycles. The Morgan fingerprint density at radius 2 is 1.60 bits per heavy atom. The monoisotopic (exact) mass is 407 g/mol. The molecule has 30 heavy (non-hydrogen) atoms. The summed E-state index contributed by atoms with van der Waals surface area (Å²) in [4.78, 5) is 41.3. The first-order chi connectivity index (χ1) is 14.4. The van der Waals surface area contributed by atoms with Crippen molar-refractivity contribution < 1.29 is 9.59 Å². The van der Waals surface area contributed by atoms with Crippen molar-refractivity contribution in [1.29, 1.82) is 0 Å². The fraction of sp³-hybridized carbons (Fsp3) is 0.375. The number of hydrogen-bond acceptors (Lipinski definition) is 3. The number of carbonyl (C=O) groups excluding carboxylic acids is 2. The maximum Gasteiger partial charge on any atom is 0.258 e. The number of aromatic nitrogens is 1. The molecule has 6 nitrogen and oxygen atoms in total. The zero-order valence-corrected chi connectivity index (χ0v) is 18.1. The zero-order chi connectivity index (χ0) is 21.8. The molecule has 3 aromatic rings. The van der Waals surface area contributed by atoms with Crippen molar-refractivity contribution in [2.75, 3.05) is 27.2 Å². The van der Waals surface area contributed by atoms with Crippen LogP contribution in [0.1, 0.15) is 37.0 Å². The van der Waals surface area contributed by atoms with Gasteiger partial charge in [0.05, 0.1) is 5.52 Å². The quantitative estimate of drug-likeness (QED) is 0.563. The van der Waals surface area contributed by atoms with Gasteiger partial charge in [0, 0.05) is 56.5 Å². The predicted octanol–water partition coefficient (Wildman–Crippen LogP) is 3.51. The number of nitrogens with zero attached hydrogens (tertiary/aromatic N) is 3. The first-order valence-electron chi connectivity index (χ1n) is 10.4. The van der Waals surface area contributed by atoms with Gasteiger partial charge >= 0.3 is 0 Å². The van der Waals surface area contributed by atoms with Crippen molar-refractivity contribution in [3.8, 4) is 0 Å². The van der Waals surface area contributed by atoms with Crippen LogP contribution >= 0.6 is 0 Å². The number of carbonyl (C=O) groups is 2. The molecule has 0 saturated carbocycles. The minimum absolute atomic E-state index is 0.0136. The standard InChI is InChI=1S/C24H29N3O3/c1-5-26(6-2)23(29)17-13-14-21-20(16-17)18-10-7-8-11-19(18)24(30)27(21)15-9-12-22(28)25(3)4/h7-8,10-11,13-14,16H,5-6,9,12,15H2,1-4H3. The summed E-state index contributed by atoms with van der Waals surface area (Å²) in [5, 5.41) is 2.34. The molecule has 0 radical (unpaired) electrons. The SMILES string of the molecule is CCN(CC)C(=O)c1ccc2c(c1)c1ccccc1c(=O)n2CCCC(=O)N(C)C. The Bertz CT molecular complexity index is 1140. The fourth-order valence-electron chi connectivity index (χ4n) is 3.81. The molecular weight excluding hydrogens is 378 g/mol. The number of amides is 2. The van der Waals surface area contributed by atoms with E-state index < -0.39 is 0 Å². The van der Waals surface area contributed by atoms with E-state index in [1.807, 2.05) is 50.2 Å². The van der Waals surface area contributed by atoms with E-state index in [9.17, 15) is 14.4 Å². The van der Waals surface area contributed by atoms with Crippen LogP contribution in [0.15, 0.2) is 47.3 Å². The van der Waals surface area contributed by atoms with Gasteiger partial charge in [-0.25, -0.2) is 0 Å². The maximum absolute atomic E-state index is 13.2. The predicted molar refractivity (Wildman–Crippen MR) is 121 cm³/mol. The third kappa shape index (κ3) is 4.08. The van der Waals surface area contributed by atoms with E-state index in [4.69, 9.17) is 0 Å². The van der Waals surface area contributed by atoms with Crippen LogP contribution in [-0.2, 0) is 11.3 Å². The Hall–Kier alpha value is -3.15. The van der Waals surface area contributed by atoms with Gasteiger partial charge in [0.15, 0.2) is 0 Å². The fourth-order valence-corrected chi connectivity index (χ4v) is 3.81. The van der Waals surface area contributed by atoms with Gasteiger partial charge in [-0.3, -0.25) is 14.4 Å². The topological polar surface area (TPSA) is 62.6 Å². The summed E-state index contributed by atoms with van der Waals surface area (Å²) < 4.78 is 1.73. The van der Waals surface area contributed by atoms with Crippen molar-refractivity contribution >= 4 is 33.5 Å². The van der Waals surface area contributed by atoms with E-state index in [1.54, 1.807) is 34.5 Å². The molecule has 158 valence electrons. The normalized spacial score (nSPS) is 11.1. The Morgan fingerprint density at radius 1 is 0.933 bits per heavy atom. The molecule has 0 aliphatic rings. The lowest BCUT2D eigenvalue weighted by Gasteiger charge is -2.20. The second-order valence-electron chi connectivity index (χ2n) is 7.60. The highest BCUT2D eigenvalue weighted by Crippen LogP contribution is 2.25.